The highest BCUT2D eigenvalue weighted by molar-refractivity contribution is 6.48. The molecule has 0 atom stereocenters. The van der Waals surface area contributed by atoms with E-state index in [0.29, 0.717) is 31.9 Å². The van der Waals surface area contributed by atoms with E-state index in [1.165, 1.54) is 0 Å². The predicted molar refractivity (Wildman–Crippen MR) is 70.1 cm³/mol. The summed E-state index contributed by atoms with van der Waals surface area (Å²) in [6, 6.07) is 6.60. The van der Waals surface area contributed by atoms with Crippen molar-refractivity contribution in [2.24, 2.45) is 0 Å². The number of halogens is 3. The number of pyridine rings is 1. The van der Waals surface area contributed by atoms with Crippen LogP contribution in [-0.4, -0.2) is 11.3 Å². The average molecular weight is 287 g/mol. The fraction of sp³-hybridized carbons (Fsp3) is 0. The molecule has 0 N–H and O–H groups in total. The van der Waals surface area contributed by atoms with Crippen molar-refractivity contribution in [2.75, 3.05) is 0 Å². The molecular weight excluding hydrogens is 280 g/mol. The Morgan fingerprint density at radius 1 is 1.06 bits per heavy atom. The number of aldehydes is 1. The van der Waals surface area contributed by atoms with Gasteiger partial charge in [0.15, 0.2) is 0 Å². The third-order valence-corrected chi connectivity index (χ3v) is 3.40. The van der Waals surface area contributed by atoms with Crippen LogP contribution in [0.25, 0.3) is 11.3 Å². The lowest BCUT2D eigenvalue weighted by Gasteiger charge is -2.05. The fourth-order valence-electron chi connectivity index (χ4n) is 1.38. The van der Waals surface area contributed by atoms with Crippen molar-refractivity contribution in [3.8, 4) is 11.3 Å². The molecule has 0 bridgehead atoms. The van der Waals surface area contributed by atoms with Crippen LogP contribution in [0.1, 0.15) is 10.4 Å². The number of hydrogen-bond donors (Lipinski definition) is 0. The van der Waals surface area contributed by atoms with Gasteiger partial charge in [0.25, 0.3) is 0 Å². The summed E-state index contributed by atoms with van der Waals surface area (Å²) in [6.45, 7) is 0. The van der Waals surface area contributed by atoms with Gasteiger partial charge in [0.2, 0.25) is 0 Å². The third kappa shape index (κ3) is 2.60. The van der Waals surface area contributed by atoms with Gasteiger partial charge in [-0.2, -0.15) is 0 Å². The summed E-state index contributed by atoms with van der Waals surface area (Å²) < 4.78 is 0. The third-order valence-electron chi connectivity index (χ3n) is 2.20. The van der Waals surface area contributed by atoms with Crippen molar-refractivity contribution in [3.63, 3.8) is 0 Å². The topological polar surface area (TPSA) is 30.0 Å². The summed E-state index contributed by atoms with van der Waals surface area (Å²) in [5.41, 5.74) is 1.88. The number of aromatic nitrogens is 1. The minimum absolute atomic E-state index is 0.309. The van der Waals surface area contributed by atoms with Crippen LogP contribution in [0.3, 0.4) is 0 Å². The van der Waals surface area contributed by atoms with Gasteiger partial charge in [-0.3, -0.25) is 9.78 Å². The molecule has 2 rings (SSSR count). The first-order valence-corrected chi connectivity index (χ1v) is 5.81. The van der Waals surface area contributed by atoms with E-state index in [1.54, 1.807) is 30.5 Å². The molecule has 0 fully saturated rings. The molecule has 0 unspecified atom stereocenters. The van der Waals surface area contributed by atoms with E-state index in [4.69, 9.17) is 34.8 Å². The molecule has 0 amide bonds. The van der Waals surface area contributed by atoms with Crippen LogP contribution in [0.5, 0.6) is 0 Å². The molecule has 0 spiro atoms. The van der Waals surface area contributed by atoms with Crippen LogP contribution in [0.15, 0.2) is 30.5 Å². The number of carbonyl (C=O) groups excluding carboxylic acids is 1. The molecule has 5 heteroatoms. The Balaban J connectivity index is 2.56. The smallest absolute Gasteiger partial charge is 0.150 e. The first-order valence-electron chi connectivity index (χ1n) is 4.68. The van der Waals surface area contributed by atoms with Gasteiger partial charge in [0.05, 0.1) is 20.8 Å². The standard InChI is InChI=1S/C12H6Cl3NO/c13-9-4-8(5-10(14)12(9)15)11-3-7(6-17)1-2-16-11/h1-6H. The van der Waals surface area contributed by atoms with Crippen molar-refractivity contribution in [1.29, 1.82) is 0 Å². The van der Waals surface area contributed by atoms with E-state index >= 15 is 0 Å². The molecule has 0 saturated heterocycles. The fourth-order valence-corrected chi connectivity index (χ4v) is 1.98. The van der Waals surface area contributed by atoms with E-state index in [0.717, 1.165) is 6.29 Å². The first kappa shape index (κ1) is 12.4. The van der Waals surface area contributed by atoms with Gasteiger partial charge in [-0.15, -0.1) is 0 Å². The van der Waals surface area contributed by atoms with Crippen molar-refractivity contribution >= 4 is 41.1 Å². The lowest BCUT2D eigenvalue weighted by molar-refractivity contribution is 0.112. The lowest BCUT2D eigenvalue weighted by Crippen LogP contribution is -1.87. The second-order valence-electron chi connectivity index (χ2n) is 3.35. The number of rotatable bonds is 2. The highest BCUT2D eigenvalue weighted by Crippen LogP contribution is 2.34. The van der Waals surface area contributed by atoms with Gasteiger partial charge in [-0.25, -0.2) is 0 Å². The largest absolute Gasteiger partial charge is 0.298 e. The predicted octanol–water partition coefficient (Wildman–Crippen LogP) is 4.52. The highest BCUT2D eigenvalue weighted by Gasteiger charge is 2.08. The summed E-state index contributed by atoms with van der Waals surface area (Å²) in [6.07, 6.45) is 2.31. The zero-order chi connectivity index (χ0) is 12.4. The van der Waals surface area contributed by atoms with Crippen LogP contribution in [0.2, 0.25) is 15.1 Å². The van der Waals surface area contributed by atoms with E-state index in [9.17, 15) is 4.79 Å². The zero-order valence-electron chi connectivity index (χ0n) is 8.45. The lowest BCUT2D eigenvalue weighted by atomic mass is 10.1. The molecule has 86 valence electrons. The molecule has 1 aromatic heterocycles. The maximum Gasteiger partial charge on any atom is 0.150 e. The number of carbonyl (C=O) groups is 1. The summed E-state index contributed by atoms with van der Waals surface area (Å²) in [4.78, 5) is 14.8. The van der Waals surface area contributed by atoms with Gasteiger partial charge < -0.3 is 0 Å². The Kier molecular flexibility index (Phi) is 3.67. The monoisotopic (exact) mass is 285 g/mol. The van der Waals surface area contributed by atoms with Gasteiger partial charge in [-0.1, -0.05) is 34.8 Å². The van der Waals surface area contributed by atoms with Crippen LogP contribution < -0.4 is 0 Å². The van der Waals surface area contributed by atoms with Crippen LogP contribution in [0.4, 0.5) is 0 Å². The molecular formula is C12H6Cl3NO. The van der Waals surface area contributed by atoms with Crippen molar-refractivity contribution in [3.05, 3.63) is 51.1 Å². The second kappa shape index (κ2) is 5.05. The van der Waals surface area contributed by atoms with Gasteiger partial charge >= 0.3 is 0 Å². The minimum atomic E-state index is 0.309. The van der Waals surface area contributed by atoms with Gasteiger partial charge in [0, 0.05) is 17.3 Å². The van der Waals surface area contributed by atoms with Crippen molar-refractivity contribution in [1.82, 2.24) is 4.98 Å². The van der Waals surface area contributed by atoms with Crippen LogP contribution >= 0.6 is 34.8 Å². The molecule has 2 aromatic rings. The molecule has 0 aliphatic heterocycles. The quantitative estimate of drug-likeness (QED) is 0.600. The summed E-state index contributed by atoms with van der Waals surface area (Å²) in [7, 11) is 0. The van der Waals surface area contributed by atoms with E-state index in [2.05, 4.69) is 4.98 Å². The Labute approximate surface area is 113 Å². The Morgan fingerprint density at radius 2 is 1.71 bits per heavy atom. The molecule has 0 radical (unpaired) electrons. The van der Waals surface area contributed by atoms with Gasteiger partial charge in [-0.05, 0) is 24.3 Å². The zero-order valence-corrected chi connectivity index (χ0v) is 10.7. The second-order valence-corrected chi connectivity index (χ2v) is 4.54. The van der Waals surface area contributed by atoms with Gasteiger partial charge in [0.1, 0.15) is 6.29 Å². The number of benzene rings is 1. The number of hydrogen-bond acceptors (Lipinski definition) is 2. The SMILES string of the molecule is O=Cc1ccnc(-c2cc(Cl)c(Cl)c(Cl)c2)c1. The van der Waals surface area contributed by atoms with E-state index < -0.39 is 0 Å². The highest BCUT2D eigenvalue weighted by atomic mass is 35.5. The Bertz CT molecular complexity index is 561. The molecule has 0 aliphatic rings. The van der Waals surface area contributed by atoms with Crippen molar-refractivity contribution < 1.29 is 4.79 Å². The normalized spacial score (nSPS) is 10.3. The summed E-state index contributed by atoms with van der Waals surface area (Å²) >= 11 is 17.7. The molecule has 17 heavy (non-hydrogen) atoms. The molecule has 2 nitrogen and oxygen atoms in total. The average Bonchev–Trinajstić information content (AvgIpc) is 2.35. The molecule has 0 saturated carbocycles. The Hall–Kier alpha value is -1.09. The Morgan fingerprint density at radius 3 is 2.29 bits per heavy atom. The summed E-state index contributed by atoms with van der Waals surface area (Å²) in [5.74, 6) is 0. The summed E-state index contributed by atoms with van der Waals surface area (Å²) in [5, 5.41) is 1.02. The van der Waals surface area contributed by atoms with Crippen molar-refractivity contribution in [2.45, 2.75) is 0 Å². The van der Waals surface area contributed by atoms with E-state index in [1.807, 2.05) is 0 Å². The van der Waals surface area contributed by atoms with Crippen LogP contribution in [-0.2, 0) is 0 Å². The molecule has 0 aliphatic carbocycles. The molecule has 1 heterocycles. The maximum absolute atomic E-state index is 10.7. The minimum Gasteiger partial charge on any atom is -0.298 e. The number of nitrogens with zero attached hydrogens (tertiary/aromatic N) is 1. The maximum atomic E-state index is 10.7. The van der Waals surface area contributed by atoms with E-state index in [-0.39, 0.29) is 0 Å². The molecule has 1 aromatic carbocycles. The first-order chi connectivity index (χ1) is 8.11. The van der Waals surface area contributed by atoms with Crippen LogP contribution in [0, 0.1) is 0 Å².